The molecule has 18 heteroatoms. The molecule has 4 nitrogen and oxygen atoms in total. The van der Waals surface area contributed by atoms with Crippen LogP contribution in [0.4, 0.5) is 57.1 Å². The molecule has 0 saturated heterocycles. The lowest BCUT2D eigenvalue weighted by atomic mass is 9.95. The molecule has 0 aliphatic heterocycles. The zero-order valence-corrected chi connectivity index (χ0v) is 19.6. The smallest absolute Gasteiger partial charge is 0.263 e. The van der Waals surface area contributed by atoms with Crippen molar-refractivity contribution in [1.82, 2.24) is 0 Å². The van der Waals surface area contributed by atoms with E-state index in [1.807, 2.05) is 0 Å². The summed E-state index contributed by atoms with van der Waals surface area (Å²) in [6.45, 7) is -0.842. The molecule has 216 valence electrons. The molecule has 0 radical (unpaired) electrons. The predicted molar refractivity (Wildman–Crippen MR) is 108 cm³/mol. The van der Waals surface area contributed by atoms with Crippen LogP contribution in [-0.4, -0.2) is 49.3 Å². The average Bonchev–Trinajstić information content (AvgIpc) is 3.15. The van der Waals surface area contributed by atoms with Crippen molar-refractivity contribution >= 4 is 15.8 Å². The van der Waals surface area contributed by atoms with E-state index in [0.29, 0.717) is 23.3 Å². The van der Waals surface area contributed by atoms with Gasteiger partial charge in [0.15, 0.2) is 5.71 Å². The Kier molecular flexibility index (Phi) is 7.03. The van der Waals surface area contributed by atoms with Gasteiger partial charge in [0.1, 0.15) is 0 Å². The van der Waals surface area contributed by atoms with E-state index in [9.17, 15) is 65.5 Å². The van der Waals surface area contributed by atoms with Crippen LogP contribution in [0.25, 0.3) is 11.1 Å². The van der Waals surface area contributed by atoms with Crippen LogP contribution in [-0.2, 0) is 20.8 Å². The van der Waals surface area contributed by atoms with Gasteiger partial charge in [0.05, 0.1) is 0 Å². The Morgan fingerprint density at radius 2 is 1.31 bits per heavy atom. The maximum Gasteiger partial charge on any atom is 0.460 e. The first-order chi connectivity index (χ1) is 17.4. The summed E-state index contributed by atoms with van der Waals surface area (Å²) < 4.78 is 202. The fourth-order valence-corrected chi connectivity index (χ4v) is 4.22. The Balaban J connectivity index is 2.19. The van der Waals surface area contributed by atoms with Crippen molar-refractivity contribution < 1.29 is 69.8 Å². The van der Waals surface area contributed by atoms with Crippen LogP contribution < -0.4 is 0 Å². The second-order valence-corrected chi connectivity index (χ2v) is 9.87. The predicted octanol–water partition coefficient (Wildman–Crippen LogP) is 7.02. The summed E-state index contributed by atoms with van der Waals surface area (Å²) in [6.07, 6.45) is -7.15. The molecule has 0 saturated carbocycles. The Bertz CT molecular complexity index is 1410. The molecule has 2 aromatic carbocycles. The summed E-state index contributed by atoms with van der Waals surface area (Å²) in [5.74, 6) is -26.2. The van der Waals surface area contributed by atoms with Crippen LogP contribution in [0.2, 0.25) is 0 Å². The van der Waals surface area contributed by atoms with Gasteiger partial charge in [0.2, 0.25) is 0 Å². The Hall–Kier alpha value is -3.05. The number of oxime groups is 1. The second-order valence-electron chi connectivity index (χ2n) is 8.30. The minimum absolute atomic E-state index is 0.00197. The fourth-order valence-electron chi connectivity index (χ4n) is 3.46. The van der Waals surface area contributed by atoms with Crippen LogP contribution >= 0.6 is 0 Å². The van der Waals surface area contributed by atoms with Crippen molar-refractivity contribution in [1.29, 1.82) is 0 Å². The molecule has 2 aromatic rings. The quantitative estimate of drug-likeness (QED) is 0.158. The summed E-state index contributed by atoms with van der Waals surface area (Å²) in [6, 6.07) is 8.05. The highest BCUT2D eigenvalue weighted by atomic mass is 32.2. The fraction of sp³-hybridized carbons (Fsp3) is 0.381. The normalized spacial score (nSPS) is 15.7. The molecule has 3 rings (SSSR count). The monoisotopic (exact) mass is 605 g/mol. The second kappa shape index (κ2) is 8.99. The van der Waals surface area contributed by atoms with Crippen LogP contribution in [0.5, 0.6) is 0 Å². The van der Waals surface area contributed by atoms with Crippen molar-refractivity contribution in [3.05, 3.63) is 59.2 Å². The minimum Gasteiger partial charge on any atom is -0.263 e. The van der Waals surface area contributed by atoms with Crippen molar-refractivity contribution in [3.8, 4) is 11.1 Å². The van der Waals surface area contributed by atoms with Crippen LogP contribution in [0, 0.1) is 0 Å². The van der Waals surface area contributed by atoms with Crippen LogP contribution in [0.3, 0.4) is 0 Å². The van der Waals surface area contributed by atoms with Crippen LogP contribution in [0.1, 0.15) is 23.6 Å². The zero-order chi connectivity index (χ0) is 30.0. The molecule has 0 aromatic heterocycles. The standard InChI is InChI=1S/C21H12F13NO3S/c1-16(22,23)18(26,27)21(33,34)39(36,37)38-35-15(17(24,25)19(28,29)20(30,31)32)11-6-7-14-12(9-11)8-10-4-2-3-5-13(10)14/h2-7,9H,8H2,1H3/b35-15+. The zero-order valence-electron chi connectivity index (χ0n) is 18.7. The Labute approximate surface area is 210 Å². The third-order valence-electron chi connectivity index (χ3n) is 5.57. The van der Waals surface area contributed by atoms with Crippen molar-refractivity contribution in [2.24, 2.45) is 5.16 Å². The van der Waals surface area contributed by atoms with E-state index in [4.69, 9.17) is 0 Å². The minimum atomic E-state index is -7.51. The first-order valence-electron chi connectivity index (χ1n) is 10.1. The van der Waals surface area contributed by atoms with E-state index in [0.717, 1.165) is 6.07 Å². The molecule has 1 aliphatic carbocycles. The van der Waals surface area contributed by atoms with E-state index in [-0.39, 0.29) is 17.5 Å². The SMILES string of the molecule is CC(F)(F)C(F)(F)C(F)(F)S(=O)(=O)O/N=C(\c1ccc2c(c1)Cc1ccccc1-2)C(F)(F)C(F)(F)C(F)(F)F. The van der Waals surface area contributed by atoms with Gasteiger partial charge in [0, 0.05) is 12.5 Å². The summed E-state index contributed by atoms with van der Waals surface area (Å²) in [4.78, 5) is 0. The topological polar surface area (TPSA) is 55.7 Å². The largest absolute Gasteiger partial charge is 0.460 e. The van der Waals surface area contributed by atoms with E-state index < -0.39 is 63.4 Å². The van der Waals surface area contributed by atoms with E-state index in [1.165, 1.54) is 12.1 Å². The molecule has 0 unspecified atom stereocenters. The van der Waals surface area contributed by atoms with Gasteiger partial charge in [0.25, 0.3) is 0 Å². The number of benzene rings is 2. The highest BCUT2D eigenvalue weighted by molar-refractivity contribution is 7.87. The van der Waals surface area contributed by atoms with E-state index in [1.54, 1.807) is 17.3 Å². The first kappa shape index (κ1) is 30.5. The molecule has 0 bridgehead atoms. The molecule has 0 amide bonds. The average molecular weight is 605 g/mol. The first-order valence-corrected chi connectivity index (χ1v) is 11.5. The van der Waals surface area contributed by atoms with Gasteiger partial charge in [-0.25, -0.2) is 0 Å². The van der Waals surface area contributed by atoms with Crippen molar-refractivity contribution in [2.45, 2.75) is 48.5 Å². The lowest BCUT2D eigenvalue weighted by Crippen LogP contribution is -2.57. The highest BCUT2D eigenvalue weighted by Crippen LogP contribution is 2.50. The van der Waals surface area contributed by atoms with Crippen LogP contribution in [0.15, 0.2) is 47.6 Å². The van der Waals surface area contributed by atoms with Gasteiger partial charge in [-0.2, -0.15) is 65.5 Å². The van der Waals surface area contributed by atoms with Gasteiger partial charge >= 0.3 is 45.2 Å². The number of alkyl halides is 13. The van der Waals surface area contributed by atoms with Crippen molar-refractivity contribution in [3.63, 3.8) is 0 Å². The lowest BCUT2D eigenvalue weighted by Gasteiger charge is -2.30. The highest BCUT2D eigenvalue weighted by Gasteiger charge is 2.78. The number of nitrogens with zero attached hydrogens (tertiary/aromatic N) is 1. The molecule has 0 atom stereocenters. The summed E-state index contributed by atoms with van der Waals surface area (Å²) >= 11 is 0. The molecular formula is C21H12F13NO3S. The summed E-state index contributed by atoms with van der Waals surface area (Å²) in [7, 11) is -7.51. The molecule has 0 heterocycles. The Morgan fingerprint density at radius 1 is 0.769 bits per heavy atom. The van der Waals surface area contributed by atoms with E-state index >= 15 is 0 Å². The maximum absolute atomic E-state index is 14.6. The Morgan fingerprint density at radius 3 is 1.85 bits per heavy atom. The van der Waals surface area contributed by atoms with Crippen molar-refractivity contribution in [2.75, 3.05) is 0 Å². The van der Waals surface area contributed by atoms with Gasteiger partial charge in [-0.15, -0.1) is 0 Å². The summed E-state index contributed by atoms with van der Waals surface area (Å²) in [5, 5.41) is -5.13. The number of hydrogen-bond donors (Lipinski definition) is 0. The summed E-state index contributed by atoms with van der Waals surface area (Å²) in [5.41, 5.74) is -3.04. The van der Waals surface area contributed by atoms with Gasteiger partial charge in [-0.3, -0.25) is 4.28 Å². The third-order valence-corrected chi connectivity index (χ3v) is 6.73. The number of hydrogen-bond acceptors (Lipinski definition) is 4. The molecule has 39 heavy (non-hydrogen) atoms. The number of rotatable bonds is 8. The lowest BCUT2D eigenvalue weighted by molar-refractivity contribution is -0.336. The molecule has 0 N–H and O–H groups in total. The maximum atomic E-state index is 14.6. The molecular weight excluding hydrogens is 593 g/mol. The van der Waals surface area contributed by atoms with E-state index in [2.05, 4.69) is 4.28 Å². The van der Waals surface area contributed by atoms with Gasteiger partial charge < -0.3 is 0 Å². The van der Waals surface area contributed by atoms with Gasteiger partial charge in [-0.05, 0) is 34.7 Å². The van der Waals surface area contributed by atoms with Gasteiger partial charge in [-0.1, -0.05) is 41.6 Å². The number of halogens is 13. The third kappa shape index (κ3) is 4.69. The number of fused-ring (bicyclic) bond motifs is 3. The molecule has 0 spiro atoms. The molecule has 0 fully saturated rings. The molecule has 1 aliphatic rings.